The second-order valence-electron chi connectivity index (χ2n) is 9.94. The quantitative estimate of drug-likeness (QED) is 0.197. The number of ether oxygens (including phenoxy) is 4. The van der Waals surface area contributed by atoms with Gasteiger partial charge in [0.1, 0.15) is 28.9 Å². The van der Waals surface area contributed by atoms with E-state index in [2.05, 4.69) is 10.3 Å². The van der Waals surface area contributed by atoms with Crippen molar-refractivity contribution in [1.82, 2.24) is 10.3 Å². The van der Waals surface area contributed by atoms with Crippen LogP contribution in [-0.4, -0.2) is 82.6 Å². The molecule has 1 aliphatic rings. The topological polar surface area (TPSA) is 190 Å². The molecule has 13 heteroatoms. The smallest absolute Gasteiger partial charge is 0.355 e. The van der Waals surface area contributed by atoms with Crippen LogP contribution in [0.5, 0.6) is 11.5 Å². The van der Waals surface area contributed by atoms with Crippen LogP contribution in [0.4, 0.5) is 0 Å². The van der Waals surface area contributed by atoms with Crippen molar-refractivity contribution >= 4 is 22.8 Å². The molecular weight excluding hydrogens is 528 g/mol. The fourth-order valence-corrected chi connectivity index (χ4v) is 4.70. The van der Waals surface area contributed by atoms with Crippen molar-refractivity contribution in [3.05, 3.63) is 57.2 Å². The van der Waals surface area contributed by atoms with Gasteiger partial charge in [-0.25, -0.2) is 9.59 Å². The molecule has 0 bridgehead atoms. The highest BCUT2D eigenvalue weighted by Crippen LogP contribution is 2.37. The number of aromatic nitrogens is 1. The van der Waals surface area contributed by atoms with Gasteiger partial charge in [0.05, 0.1) is 17.6 Å². The van der Waals surface area contributed by atoms with E-state index in [1.54, 1.807) is 39.8 Å². The van der Waals surface area contributed by atoms with E-state index in [9.17, 15) is 24.6 Å². The normalized spacial score (nSPS) is 22.2. The summed E-state index contributed by atoms with van der Waals surface area (Å²) in [7, 11) is 1.41. The van der Waals surface area contributed by atoms with E-state index in [1.807, 2.05) is 0 Å². The lowest BCUT2D eigenvalue weighted by molar-refractivity contribution is -0.305. The predicted octanol–water partition coefficient (Wildman–Crippen LogP) is 1.28. The maximum atomic E-state index is 12.8. The van der Waals surface area contributed by atoms with Crippen molar-refractivity contribution in [2.45, 2.75) is 57.9 Å². The van der Waals surface area contributed by atoms with Gasteiger partial charge in [0, 0.05) is 24.9 Å². The molecule has 4 atom stereocenters. The van der Waals surface area contributed by atoms with Crippen LogP contribution in [0.3, 0.4) is 0 Å². The number of aromatic amines is 1. The molecule has 0 unspecified atom stereocenters. The Hall–Kier alpha value is -3.91. The lowest BCUT2D eigenvalue weighted by Crippen LogP contribution is -2.65. The second-order valence-corrected chi connectivity index (χ2v) is 9.94. The SMILES string of the molecule is CO[C@@H]1[C@@H](OC(=O)c2ccc(C)[nH]2)[C@@H](O)[C@H](Oc2ccc3c(O)c(C(=O)NCCO)c(=O)oc3c2C)OC1(C)C. The molecule has 216 valence electrons. The molecule has 2 aromatic heterocycles. The fraction of sp³-hybridized carbons (Fsp3) is 0.444. The number of carbonyl (C=O) groups excluding carboxylic acids is 2. The Kier molecular flexibility index (Phi) is 8.21. The van der Waals surface area contributed by atoms with E-state index in [0.29, 0.717) is 0 Å². The van der Waals surface area contributed by atoms with Crippen molar-refractivity contribution in [2.24, 2.45) is 0 Å². The number of rotatable bonds is 8. The van der Waals surface area contributed by atoms with E-state index in [0.717, 1.165) is 5.69 Å². The lowest BCUT2D eigenvalue weighted by atomic mass is 9.89. The van der Waals surface area contributed by atoms with Gasteiger partial charge in [0.25, 0.3) is 5.91 Å². The third-order valence-electron chi connectivity index (χ3n) is 6.68. The van der Waals surface area contributed by atoms with Gasteiger partial charge < -0.3 is 49.0 Å². The van der Waals surface area contributed by atoms with Gasteiger partial charge in [0.2, 0.25) is 6.29 Å². The molecule has 13 nitrogen and oxygen atoms in total. The second kappa shape index (κ2) is 11.3. The number of H-pyrrole nitrogens is 1. The number of nitrogens with one attached hydrogen (secondary N) is 2. The maximum Gasteiger partial charge on any atom is 0.355 e. The summed E-state index contributed by atoms with van der Waals surface area (Å²) in [5.74, 6) is -2.06. The number of hydrogen-bond acceptors (Lipinski definition) is 11. The third kappa shape index (κ3) is 5.41. The molecule has 1 saturated heterocycles. The molecule has 5 N–H and O–H groups in total. The molecule has 4 rings (SSSR count). The van der Waals surface area contributed by atoms with Crippen LogP contribution in [0.1, 0.15) is 46.0 Å². The molecule has 1 aliphatic heterocycles. The average Bonchev–Trinajstić information content (AvgIpc) is 3.33. The Labute approximate surface area is 228 Å². The van der Waals surface area contributed by atoms with E-state index < -0.39 is 59.0 Å². The van der Waals surface area contributed by atoms with Crippen LogP contribution in [0.15, 0.2) is 33.5 Å². The highest BCUT2D eigenvalue weighted by molar-refractivity contribution is 6.02. The van der Waals surface area contributed by atoms with Crippen molar-refractivity contribution in [3.8, 4) is 11.5 Å². The predicted molar refractivity (Wildman–Crippen MR) is 139 cm³/mol. The zero-order valence-corrected chi connectivity index (χ0v) is 22.6. The number of aromatic hydroxyl groups is 1. The minimum Gasteiger partial charge on any atom is -0.506 e. The van der Waals surface area contributed by atoms with E-state index >= 15 is 0 Å². The summed E-state index contributed by atoms with van der Waals surface area (Å²) in [5.41, 5.74) is -1.60. The summed E-state index contributed by atoms with van der Waals surface area (Å²) >= 11 is 0. The number of amides is 1. The molecular formula is C27H32N2O11. The largest absolute Gasteiger partial charge is 0.506 e. The number of aryl methyl sites for hydroxylation is 2. The van der Waals surface area contributed by atoms with Gasteiger partial charge >= 0.3 is 11.6 Å². The Morgan fingerprint density at radius 3 is 2.52 bits per heavy atom. The van der Waals surface area contributed by atoms with E-state index in [4.69, 9.17) is 28.5 Å². The number of aliphatic hydroxyl groups excluding tert-OH is 2. The van der Waals surface area contributed by atoms with Gasteiger partial charge in [-0.3, -0.25) is 4.79 Å². The number of methoxy groups -OCH3 is 1. The lowest BCUT2D eigenvalue weighted by Gasteiger charge is -2.47. The molecule has 0 radical (unpaired) electrons. The highest BCUT2D eigenvalue weighted by Gasteiger charge is 2.53. The van der Waals surface area contributed by atoms with Crippen LogP contribution >= 0.6 is 0 Å². The zero-order chi connectivity index (χ0) is 29.4. The van der Waals surface area contributed by atoms with Crippen LogP contribution < -0.4 is 15.7 Å². The standard InChI is InChI=1S/C27H32N2O11/c1-12-6-8-15(29-12)24(34)39-21-19(32)26(40-27(3,4)22(21)36-5)37-16-9-7-14-18(31)17(23(33)28-10-11-30)25(35)38-20(14)13(16)2/h6-9,19,21-22,26,29-32H,10-11H2,1-5H3,(H,28,33)/t19-,21+,22-,26-/m1/s1. The summed E-state index contributed by atoms with van der Waals surface area (Å²) in [6.45, 7) is 6.24. The number of hydrogen-bond donors (Lipinski definition) is 5. The van der Waals surface area contributed by atoms with Gasteiger partial charge in [0.15, 0.2) is 17.8 Å². The molecule has 0 saturated carbocycles. The Morgan fingerprint density at radius 2 is 1.90 bits per heavy atom. The van der Waals surface area contributed by atoms with Crippen molar-refractivity contribution in [1.29, 1.82) is 0 Å². The number of carbonyl (C=O) groups is 2. The molecule has 3 heterocycles. The number of fused-ring (bicyclic) bond motifs is 1. The Bertz CT molecular complexity index is 1480. The molecule has 0 aliphatic carbocycles. The number of esters is 1. The van der Waals surface area contributed by atoms with Crippen molar-refractivity contribution < 1.29 is 48.3 Å². The van der Waals surface area contributed by atoms with Crippen LogP contribution in [-0.2, 0) is 14.2 Å². The third-order valence-corrected chi connectivity index (χ3v) is 6.68. The summed E-state index contributed by atoms with van der Waals surface area (Å²) in [6.07, 6.45) is -4.88. The minimum atomic E-state index is -1.49. The van der Waals surface area contributed by atoms with E-state index in [1.165, 1.54) is 19.2 Å². The van der Waals surface area contributed by atoms with Crippen molar-refractivity contribution in [3.63, 3.8) is 0 Å². The Balaban J connectivity index is 1.65. The van der Waals surface area contributed by atoms with E-state index in [-0.39, 0.29) is 41.1 Å². The van der Waals surface area contributed by atoms with Crippen LogP contribution in [0.25, 0.3) is 11.0 Å². The minimum absolute atomic E-state index is 0.0527. The van der Waals surface area contributed by atoms with Crippen LogP contribution in [0.2, 0.25) is 0 Å². The van der Waals surface area contributed by atoms with Gasteiger partial charge in [-0.2, -0.15) is 0 Å². The molecule has 1 amide bonds. The van der Waals surface area contributed by atoms with Gasteiger partial charge in [-0.15, -0.1) is 0 Å². The summed E-state index contributed by atoms with van der Waals surface area (Å²) in [4.78, 5) is 40.5. The van der Waals surface area contributed by atoms with Crippen molar-refractivity contribution in [2.75, 3.05) is 20.3 Å². The monoisotopic (exact) mass is 560 g/mol. The summed E-state index contributed by atoms with van der Waals surface area (Å²) in [5, 5.41) is 33.1. The molecule has 0 spiro atoms. The first-order valence-corrected chi connectivity index (χ1v) is 12.5. The number of aliphatic hydroxyl groups is 2. The first-order chi connectivity index (χ1) is 18.9. The molecule has 1 aromatic carbocycles. The Morgan fingerprint density at radius 1 is 1.18 bits per heavy atom. The molecule has 1 fully saturated rings. The summed E-state index contributed by atoms with van der Waals surface area (Å²) < 4.78 is 28.5. The fourth-order valence-electron chi connectivity index (χ4n) is 4.70. The first-order valence-electron chi connectivity index (χ1n) is 12.5. The highest BCUT2D eigenvalue weighted by atomic mass is 16.7. The first kappa shape index (κ1) is 29.1. The molecule has 3 aromatic rings. The van der Waals surface area contributed by atoms with Crippen LogP contribution in [0, 0.1) is 13.8 Å². The van der Waals surface area contributed by atoms with Gasteiger partial charge in [-0.1, -0.05) is 0 Å². The maximum absolute atomic E-state index is 12.8. The zero-order valence-electron chi connectivity index (χ0n) is 22.6. The average molecular weight is 561 g/mol. The number of benzene rings is 1. The molecule has 40 heavy (non-hydrogen) atoms. The summed E-state index contributed by atoms with van der Waals surface area (Å²) in [6, 6.07) is 6.10. The van der Waals surface area contributed by atoms with Gasteiger partial charge in [-0.05, 0) is 52.0 Å².